The third-order valence-electron chi connectivity index (χ3n) is 3.48. The van der Waals surface area contributed by atoms with Crippen LogP contribution in [0.2, 0.25) is 0 Å². The molecule has 2 rings (SSSR count). The van der Waals surface area contributed by atoms with Gasteiger partial charge in [0.15, 0.2) is 5.82 Å². The van der Waals surface area contributed by atoms with Crippen LogP contribution in [0.15, 0.2) is 12.1 Å². The van der Waals surface area contributed by atoms with Crippen molar-refractivity contribution in [3.05, 3.63) is 17.8 Å². The Labute approximate surface area is 114 Å². The molecule has 1 aliphatic rings. The molecule has 104 valence electrons. The predicted molar refractivity (Wildman–Crippen MR) is 75.1 cm³/mol. The molecule has 2 heterocycles. The number of amides is 1. The predicted octanol–water partition coefficient (Wildman–Crippen LogP) is 1.62. The lowest BCUT2D eigenvalue weighted by Crippen LogP contribution is -2.49. The molecule has 1 aromatic heterocycles. The van der Waals surface area contributed by atoms with Gasteiger partial charge in [0.05, 0.1) is 5.69 Å². The fourth-order valence-electron chi connectivity index (χ4n) is 2.23. The number of carbonyl (C=O) groups excluding carboxylic acids is 1. The second-order valence-corrected chi connectivity index (χ2v) is 5.00. The third kappa shape index (κ3) is 3.66. The number of aryl methyl sites for hydroxylation is 1. The van der Waals surface area contributed by atoms with Crippen LogP contribution < -0.4 is 4.90 Å². The van der Waals surface area contributed by atoms with Crippen LogP contribution in [-0.4, -0.2) is 47.2 Å². The molecular formula is C14H22N4O. The van der Waals surface area contributed by atoms with E-state index in [-0.39, 0.29) is 5.91 Å². The molecule has 0 saturated carbocycles. The summed E-state index contributed by atoms with van der Waals surface area (Å²) >= 11 is 0. The second kappa shape index (κ2) is 6.50. The van der Waals surface area contributed by atoms with E-state index >= 15 is 0 Å². The first-order valence-corrected chi connectivity index (χ1v) is 7.03. The van der Waals surface area contributed by atoms with Gasteiger partial charge in [-0.25, -0.2) is 0 Å². The molecule has 1 aliphatic heterocycles. The number of aromatic nitrogens is 2. The molecule has 0 aromatic carbocycles. The lowest BCUT2D eigenvalue weighted by Gasteiger charge is -2.35. The minimum Gasteiger partial charge on any atom is -0.352 e. The maximum atomic E-state index is 11.9. The van der Waals surface area contributed by atoms with Crippen LogP contribution in [-0.2, 0) is 4.79 Å². The zero-order chi connectivity index (χ0) is 13.7. The molecule has 0 spiro atoms. The van der Waals surface area contributed by atoms with Gasteiger partial charge in [0.2, 0.25) is 5.91 Å². The Balaban J connectivity index is 1.85. The Bertz CT molecular complexity index is 410. The summed E-state index contributed by atoms with van der Waals surface area (Å²) in [5.74, 6) is 1.20. The van der Waals surface area contributed by atoms with Crippen molar-refractivity contribution in [2.45, 2.75) is 33.1 Å². The number of hydrogen-bond donors (Lipinski definition) is 0. The Hall–Kier alpha value is -1.65. The number of hydrogen-bond acceptors (Lipinski definition) is 4. The molecule has 5 heteroatoms. The summed E-state index contributed by atoms with van der Waals surface area (Å²) in [7, 11) is 0. The largest absolute Gasteiger partial charge is 0.352 e. The van der Waals surface area contributed by atoms with E-state index in [1.54, 1.807) is 0 Å². The fraction of sp³-hybridized carbons (Fsp3) is 0.643. The number of rotatable bonds is 4. The van der Waals surface area contributed by atoms with Crippen molar-refractivity contribution in [3.8, 4) is 0 Å². The van der Waals surface area contributed by atoms with Crippen LogP contribution in [0.3, 0.4) is 0 Å². The molecule has 0 bridgehead atoms. The van der Waals surface area contributed by atoms with Crippen molar-refractivity contribution in [3.63, 3.8) is 0 Å². The van der Waals surface area contributed by atoms with E-state index < -0.39 is 0 Å². The van der Waals surface area contributed by atoms with Gasteiger partial charge >= 0.3 is 0 Å². The van der Waals surface area contributed by atoms with Crippen LogP contribution in [0, 0.1) is 6.92 Å². The number of anilines is 1. The molecule has 0 unspecified atom stereocenters. The monoisotopic (exact) mass is 262 g/mol. The summed E-state index contributed by atoms with van der Waals surface area (Å²) in [5, 5.41) is 8.27. The highest BCUT2D eigenvalue weighted by atomic mass is 16.2. The maximum absolute atomic E-state index is 11.9. The van der Waals surface area contributed by atoms with Gasteiger partial charge in [0.25, 0.3) is 0 Å². The average molecular weight is 262 g/mol. The Morgan fingerprint density at radius 3 is 2.53 bits per heavy atom. The first-order valence-electron chi connectivity index (χ1n) is 7.03. The average Bonchev–Trinajstić information content (AvgIpc) is 2.46. The van der Waals surface area contributed by atoms with E-state index in [1.165, 1.54) is 0 Å². The number of unbranched alkanes of at least 4 members (excludes halogenated alkanes) is 1. The van der Waals surface area contributed by atoms with Crippen molar-refractivity contribution < 1.29 is 4.79 Å². The summed E-state index contributed by atoms with van der Waals surface area (Å²) in [5.41, 5.74) is 0.928. The van der Waals surface area contributed by atoms with Gasteiger partial charge in [0.1, 0.15) is 0 Å². The summed E-state index contributed by atoms with van der Waals surface area (Å²) < 4.78 is 0. The third-order valence-corrected chi connectivity index (χ3v) is 3.48. The second-order valence-electron chi connectivity index (χ2n) is 5.00. The van der Waals surface area contributed by atoms with Gasteiger partial charge in [0, 0.05) is 32.6 Å². The van der Waals surface area contributed by atoms with Crippen LogP contribution in [0.5, 0.6) is 0 Å². The topological polar surface area (TPSA) is 49.3 Å². The highest BCUT2D eigenvalue weighted by Gasteiger charge is 2.21. The first kappa shape index (κ1) is 13.8. The highest BCUT2D eigenvalue weighted by Crippen LogP contribution is 2.13. The standard InChI is InChI=1S/C14H22N4O/c1-3-4-5-14(19)18-10-8-17(9-11-18)13-7-6-12(2)15-16-13/h6-7H,3-5,8-11H2,1-2H3. The molecule has 5 nitrogen and oxygen atoms in total. The van der Waals surface area contributed by atoms with Gasteiger partial charge in [-0.2, -0.15) is 5.10 Å². The van der Waals surface area contributed by atoms with Crippen molar-refractivity contribution in [1.29, 1.82) is 0 Å². The molecule has 19 heavy (non-hydrogen) atoms. The van der Waals surface area contributed by atoms with Crippen LogP contribution >= 0.6 is 0 Å². The van der Waals surface area contributed by atoms with Crippen LogP contribution in [0.4, 0.5) is 5.82 Å². The molecule has 0 atom stereocenters. The van der Waals surface area contributed by atoms with Gasteiger partial charge in [-0.05, 0) is 25.5 Å². The lowest BCUT2D eigenvalue weighted by molar-refractivity contribution is -0.131. The van der Waals surface area contributed by atoms with Gasteiger partial charge in [-0.15, -0.1) is 5.10 Å². The quantitative estimate of drug-likeness (QED) is 0.827. The summed E-state index contributed by atoms with van der Waals surface area (Å²) in [4.78, 5) is 16.1. The maximum Gasteiger partial charge on any atom is 0.222 e. The Morgan fingerprint density at radius 1 is 1.21 bits per heavy atom. The number of nitrogens with zero attached hydrogens (tertiary/aromatic N) is 4. The van der Waals surface area contributed by atoms with Gasteiger partial charge in [-0.1, -0.05) is 13.3 Å². The highest BCUT2D eigenvalue weighted by molar-refractivity contribution is 5.76. The van der Waals surface area contributed by atoms with E-state index in [9.17, 15) is 4.79 Å². The number of carbonyl (C=O) groups is 1. The first-order chi connectivity index (χ1) is 9.20. The summed E-state index contributed by atoms with van der Waals surface area (Å²) in [6.07, 6.45) is 2.74. The van der Waals surface area contributed by atoms with E-state index in [1.807, 2.05) is 24.0 Å². The Kier molecular flexibility index (Phi) is 4.71. The van der Waals surface area contributed by atoms with Crippen LogP contribution in [0.1, 0.15) is 31.9 Å². The van der Waals surface area contributed by atoms with Crippen molar-refractivity contribution in [2.75, 3.05) is 31.1 Å². The molecule has 0 aliphatic carbocycles. The van der Waals surface area contributed by atoms with E-state index in [0.29, 0.717) is 6.42 Å². The SMILES string of the molecule is CCCCC(=O)N1CCN(c2ccc(C)nn2)CC1. The van der Waals surface area contributed by atoms with Gasteiger partial charge < -0.3 is 9.80 Å². The zero-order valence-electron chi connectivity index (χ0n) is 11.8. The van der Waals surface area contributed by atoms with Crippen molar-refractivity contribution >= 4 is 11.7 Å². The van der Waals surface area contributed by atoms with E-state index in [4.69, 9.17) is 0 Å². The summed E-state index contributed by atoms with van der Waals surface area (Å²) in [6, 6.07) is 3.97. The zero-order valence-corrected chi connectivity index (χ0v) is 11.8. The summed E-state index contributed by atoms with van der Waals surface area (Å²) in [6.45, 7) is 7.31. The molecule has 0 radical (unpaired) electrons. The molecule has 1 aromatic rings. The smallest absolute Gasteiger partial charge is 0.222 e. The van der Waals surface area contributed by atoms with E-state index in [2.05, 4.69) is 22.0 Å². The van der Waals surface area contributed by atoms with Gasteiger partial charge in [-0.3, -0.25) is 4.79 Å². The van der Waals surface area contributed by atoms with Crippen LogP contribution in [0.25, 0.3) is 0 Å². The van der Waals surface area contributed by atoms with E-state index in [0.717, 1.165) is 50.5 Å². The molecule has 1 fully saturated rings. The fourth-order valence-corrected chi connectivity index (χ4v) is 2.23. The lowest BCUT2D eigenvalue weighted by atomic mass is 10.2. The minimum atomic E-state index is 0.288. The molecule has 1 amide bonds. The van der Waals surface area contributed by atoms with Crippen molar-refractivity contribution in [1.82, 2.24) is 15.1 Å². The normalized spacial score (nSPS) is 15.7. The molecule has 1 saturated heterocycles. The number of piperazine rings is 1. The minimum absolute atomic E-state index is 0.288. The Morgan fingerprint density at radius 2 is 1.95 bits per heavy atom. The molecular weight excluding hydrogens is 240 g/mol. The molecule has 0 N–H and O–H groups in total. The van der Waals surface area contributed by atoms with Crippen molar-refractivity contribution in [2.24, 2.45) is 0 Å².